The van der Waals surface area contributed by atoms with Crippen LogP contribution in [0.4, 0.5) is 4.39 Å². The van der Waals surface area contributed by atoms with Crippen LogP contribution in [0, 0.1) is 5.82 Å². The van der Waals surface area contributed by atoms with Gasteiger partial charge in [-0.05, 0) is 35.4 Å². The van der Waals surface area contributed by atoms with E-state index in [-0.39, 0.29) is 12.6 Å². The number of benzene rings is 2. The minimum absolute atomic E-state index is 0.259. The van der Waals surface area contributed by atoms with E-state index in [9.17, 15) is 4.39 Å². The average Bonchev–Trinajstić information content (AvgIpc) is 3.23. The van der Waals surface area contributed by atoms with Crippen molar-refractivity contribution in [1.29, 1.82) is 0 Å². The average molecular weight is 408 g/mol. The maximum absolute atomic E-state index is 13.2. The SMILES string of the molecule is CN=C(NCc1ccc(Oc2cccc(F)c2)nc1)NCc1ccc2c(c1)OCO2. The van der Waals surface area contributed by atoms with Crippen molar-refractivity contribution in [2.45, 2.75) is 13.1 Å². The van der Waals surface area contributed by atoms with Gasteiger partial charge in [0.15, 0.2) is 17.5 Å². The van der Waals surface area contributed by atoms with E-state index in [1.54, 1.807) is 31.4 Å². The van der Waals surface area contributed by atoms with E-state index >= 15 is 0 Å². The van der Waals surface area contributed by atoms with Gasteiger partial charge in [-0.1, -0.05) is 18.2 Å². The number of pyridine rings is 1. The topological polar surface area (TPSA) is 77.0 Å². The molecule has 2 aromatic carbocycles. The van der Waals surface area contributed by atoms with E-state index in [0.717, 1.165) is 22.6 Å². The number of aromatic nitrogens is 1. The summed E-state index contributed by atoms with van der Waals surface area (Å²) in [7, 11) is 1.71. The fraction of sp³-hybridized carbons (Fsp3) is 0.182. The zero-order valence-electron chi connectivity index (χ0n) is 16.4. The number of nitrogens with zero attached hydrogens (tertiary/aromatic N) is 2. The minimum atomic E-state index is -0.354. The van der Waals surface area contributed by atoms with Crippen molar-refractivity contribution in [1.82, 2.24) is 15.6 Å². The monoisotopic (exact) mass is 408 g/mol. The number of guanidine groups is 1. The van der Waals surface area contributed by atoms with Crippen LogP contribution in [-0.2, 0) is 13.1 Å². The van der Waals surface area contributed by atoms with Gasteiger partial charge in [0.25, 0.3) is 0 Å². The van der Waals surface area contributed by atoms with Crippen LogP contribution < -0.4 is 24.8 Å². The zero-order chi connectivity index (χ0) is 20.8. The summed E-state index contributed by atoms with van der Waals surface area (Å²) in [6.07, 6.45) is 1.70. The summed E-state index contributed by atoms with van der Waals surface area (Å²) in [5, 5.41) is 6.50. The summed E-state index contributed by atoms with van der Waals surface area (Å²) in [6.45, 7) is 1.39. The van der Waals surface area contributed by atoms with E-state index in [1.165, 1.54) is 12.1 Å². The number of fused-ring (bicyclic) bond motifs is 1. The van der Waals surface area contributed by atoms with Gasteiger partial charge in [0.1, 0.15) is 11.6 Å². The molecule has 0 unspecified atom stereocenters. The molecule has 1 aliphatic heterocycles. The predicted octanol–water partition coefficient (Wildman–Crippen LogP) is 3.61. The van der Waals surface area contributed by atoms with Crippen LogP contribution in [0.3, 0.4) is 0 Å². The summed E-state index contributed by atoms with van der Waals surface area (Å²) in [4.78, 5) is 8.49. The van der Waals surface area contributed by atoms with Gasteiger partial charge < -0.3 is 24.8 Å². The predicted molar refractivity (Wildman–Crippen MR) is 110 cm³/mol. The minimum Gasteiger partial charge on any atom is -0.454 e. The largest absolute Gasteiger partial charge is 0.454 e. The Labute approximate surface area is 173 Å². The molecule has 0 spiro atoms. The highest BCUT2D eigenvalue weighted by Crippen LogP contribution is 2.32. The van der Waals surface area contributed by atoms with Gasteiger partial charge in [0, 0.05) is 38.5 Å². The molecule has 8 heteroatoms. The van der Waals surface area contributed by atoms with E-state index in [2.05, 4.69) is 20.6 Å². The Morgan fingerprint density at radius 1 is 1.03 bits per heavy atom. The molecule has 0 fully saturated rings. The molecule has 0 saturated heterocycles. The van der Waals surface area contributed by atoms with Gasteiger partial charge in [-0.3, -0.25) is 4.99 Å². The lowest BCUT2D eigenvalue weighted by molar-refractivity contribution is 0.174. The fourth-order valence-electron chi connectivity index (χ4n) is 2.87. The summed E-state index contributed by atoms with van der Waals surface area (Å²) in [5.74, 6) is 2.62. The Bertz CT molecular complexity index is 1040. The third kappa shape index (κ3) is 4.96. The van der Waals surface area contributed by atoms with Crippen molar-refractivity contribution < 1.29 is 18.6 Å². The molecule has 2 N–H and O–H groups in total. The first-order chi connectivity index (χ1) is 14.7. The molecule has 154 valence electrons. The van der Waals surface area contributed by atoms with Crippen molar-refractivity contribution in [3.63, 3.8) is 0 Å². The van der Waals surface area contributed by atoms with E-state index < -0.39 is 0 Å². The van der Waals surface area contributed by atoms with Crippen LogP contribution in [-0.4, -0.2) is 24.8 Å². The maximum atomic E-state index is 13.2. The molecule has 7 nitrogen and oxygen atoms in total. The molecule has 0 amide bonds. The maximum Gasteiger partial charge on any atom is 0.231 e. The summed E-state index contributed by atoms with van der Waals surface area (Å²) in [6, 6.07) is 15.4. The number of aliphatic imine (C=N–C) groups is 1. The van der Waals surface area contributed by atoms with Gasteiger partial charge in [0.05, 0.1) is 0 Å². The molecular formula is C22H21FN4O3. The molecule has 1 aliphatic rings. The normalized spacial score (nSPS) is 12.5. The quantitative estimate of drug-likeness (QED) is 0.479. The Hall–Kier alpha value is -3.81. The Morgan fingerprint density at radius 3 is 2.60 bits per heavy atom. The van der Waals surface area contributed by atoms with Crippen LogP contribution in [0.1, 0.15) is 11.1 Å². The third-order valence-electron chi connectivity index (χ3n) is 4.40. The van der Waals surface area contributed by atoms with Crippen molar-refractivity contribution in [2.75, 3.05) is 13.8 Å². The second-order valence-corrected chi connectivity index (χ2v) is 6.53. The Morgan fingerprint density at radius 2 is 1.83 bits per heavy atom. The molecule has 4 rings (SSSR count). The number of hydrogen-bond acceptors (Lipinski definition) is 5. The Kier molecular flexibility index (Phi) is 5.93. The highest BCUT2D eigenvalue weighted by atomic mass is 19.1. The number of hydrogen-bond donors (Lipinski definition) is 2. The van der Waals surface area contributed by atoms with Crippen molar-refractivity contribution in [3.05, 3.63) is 77.7 Å². The summed E-state index contributed by atoms with van der Waals surface area (Å²) < 4.78 is 29.5. The lowest BCUT2D eigenvalue weighted by atomic mass is 10.2. The van der Waals surface area contributed by atoms with Crippen molar-refractivity contribution >= 4 is 5.96 Å². The molecular weight excluding hydrogens is 387 g/mol. The summed E-state index contributed by atoms with van der Waals surface area (Å²) in [5.41, 5.74) is 2.01. The molecule has 30 heavy (non-hydrogen) atoms. The number of nitrogens with one attached hydrogen (secondary N) is 2. The molecule has 2 heterocycles. The van der Waals surface area contributed by atoms with Crippen LogP contribution in [0.5, 0.6) is 23.1 Å². The lowest BCUT2D eigenvalue weighted by Gasteiger charge is -2.12. The second-order valence-electron chi connectivity index (χ2n) is 6.53. The Balaban J connectivity index is 1.27. The number of rotatable bonds is 6. The van der Waals surface area contributed by atoms with E-state index in [0.29, 0.717) is 30.7 Å². The van der Waals surface area contributed by atoms with Gasteiger partial charge in [0.2, 0.25) is 12.7 Å². The first kappa shape index (κ1) is 19.5. The third-order valence-corrected chi connectivity index (χ3v) is 4.40. The van der Waals surface area contributed by atoms with Gasteiger partial charge >= 0.3 is 0 Å². The van der Waals surface area contributed by atoms with Crippen LogP contribution in [0.2, 0.25) is 0 Å². The first-order valence-corrected chi connectivity index (χ1v) is 9.41. The van der Waals surface area contributed by atoms with Crippen LogP contribution in [0.25, 0.3) is 0 Å². The molecule has 0 saturated carbocycles. The molecule has 0 bridgehead atoms. The summed E-state index contributed by atoms with van der Waals surface area (Å²) >= 11 is 0. The van der Waals surface area contributed by atoms with Gasteiger partial charge in [-0.2, -0.15) is 0 Å². The fourth-order valence-corrected chi connectivity index (χ4v) is 2.87. The highest BCUT2D eigenvalue weighted by molar-refractivity contribution is 5.79. The first-order valence-electron chi connectivity index (χ1n) is 9.41. The standard InChI is InChI=1S/C22H21FN4O3/c1-24-22(26-11-15-5-7-19-20(9-15)29-14-28-19)27-13-16-6-8-21(25-12-16)30-18-4-2-3-17(23)10-18/h2-10,12H,11,13-14H2,1H3,(H2,24,26,27). The zero-order valence-corrected chi connectivity index (χ0v) is 16.4. The second kappa shape index (κ2) is 9.13. The van der Waals surface area contributed by atoms with E-state index in [1.807, 2.05) is 24.3 Å². The van der Waals surface area contributed by atoms with Gasteiger partial charge in [-0.15, -0.1) is 0 Å². The van der Waals surface area contributed by atoms with Crippen molar-refractivity contribution in [2.24, 2.45) is 4.99 Å². The van der Waals surface area contributed by atoms with Gasteiger partial charge in [-0.25, -0.2) is 9.37 Å². The number of halogens is 1. The van der Waals surface area contributed by atoms with E-state index in [4.69, 9.17) is 14.2 Å². The molecule has 1 aromatic heterocycles. The molecule has 0 radical (unpaired) electrons. The molecule has 3 aromatic rings. The molecule has 0 atom stereocenters. The van der Waals surface area contributed by atoms with Crippen LogP contribution >= 0.6 is 0 Å². The molecule has 0 aliphatic carbocycles. The smallest absolute Gasteiger partial charge is 0.231 e. The lowest BCUT2D eigenvalue weighted by Crippen LogP contribution is -2.36. The highest BCUT2D eigenvalue weighted by Gasteiger charge is 2.13. The number of ether oxygens (including phenoxy) is 3. The van der Waals surface area contributed by atoms with Crippen LogP contribution in [0.15, 0.2) is 65.8 Å². The van der Waals surface area contributed by atoms with Crippen molar-refractivity contribution in [3.8, 4) is 23.1 Å².